The van der Waals surface area contributed by atoms with Crippen molar-refractivity contribution in [2.45, 2.75) is 20.8 Å². The van der Waals surface area contributed by atoms with E-state index in [1.54, 1.807) is 4.90 Å². The molecule has 128 valence electrons. The predicted octanol–water partition coefficient (Wildman–Crippen LogP) is 5.58. The second-order valence-corrected chi connectivity index (χ2v) is 7.28. The maximum absolute atomic E-state index is 12.7. The highest BCUT2D eigenvalue weighted by Gasteiger charge is 2.32. The van der Waals surface area contributed by atoms with Crippen LogP contribution in [0.5, 0.6) is 0 Å². The standard InChI is InChI=1S/C20H19ClN2OS/c1-4-23-19(24)18(12-15-7-5-6-8-16(15)21)25-20(23)22-17-11-13(2)9-10-14(17)3/h5-12H,4H2,1-3H3/b18-12+,22-20?. The average Bonchev–Trinajstić information content (AvgIpc) is 2.88. The Morgan fingerprint density at radius 2 is 1.96 bits per heavy atom. The number of nitrogens with zero attached hydrogens (tertiary/aromatic N) is 2. The Bertz CT molecular complexity index is 889. The molecule has 0 aromatic heterocycles. The largest absolute Gasteiger partial charge is 0.287 e. The summed E-state index contributed by atoms with van der Waals surface area (Å²) in [7, 11) is 0. The van der Waals surface area contributed by atoms with Crippen molar-refractivity contribution in [3.63, 3.8) is 0 Å². The van der Waals surface area contributed by atoms with Crippen LogP contribution >= 0.6 is 23.4 Å². The molecule has 0 radical (unpaired) electrons. The second kappa shape index (κ2) is 7.46. The van der Waals surface area contributed by atoms with E-state index >= 15 is 0 Å². The molecular formula is C20H19ClN2OS. The lowest BCUT2D eigenvalue weighted by Gasteiger charge is -2.12. The van der Waals surface area contributed by atoms with Gasteiger partial charge in [-0.25, -0.2) is 4.99 Å². The molecule has 25 heavy (non-hydrogen) atoms. The maximum atomic E-state index is 12.7. The van der Waals surface area contributed by atoms with Crippen LogP contribution in [0.4, 0.5) is 5.69 Å². The van der Waals surface area contributed by atoms with E-state index in [0.29, 0.717) is 21.6 Å². The summed E-state index contributed by atoms with van der Waals surface area (Å²) in [5.74, 6) is -0.0310. The molecule has 1 amide bonds. The summed E-state index contributed by atoms with van der Waals surface area (Å²) in [5, 5.41) is 1.34. The minimum Gasteiger partial charge on any atom is -0.287 e. The molecule has 5 heteroatoms. The number of amidine groups is 1. The average molecular weight is 371 g/mol. The Kier molecular flexibility index (Phi) is 5.30. The first-order chi connectivity index (χ1) is 12.0. The molecule has 0 N–H and O–H groups in total. The molecule has 0 spiro atoms. The molecule has 0 unspecified atom stereocenters. The third-order valence-corrected chi connectivity index (χ3v) is 5.33. The van der Waals surface area contributed by atoms with E-state index in [0.717, 1.165) is 22.4 Å². The van der Waals surface area contributed by atoms with Crippen LogP contribution in [0.2, 0.25) is 5.02 Å². The number of likely N-dealkylation sites (N-methyl/N-ethyl adjacent to an activating group) is 1. The summed E-state index contributed by atoms with van der Waals surface area (Å²) in [4.78, 5) is 19.8. The Labute approximate surface area is 157 Å². The summed E-state index contributed by atoms with van der Waals surface area (Å²) >= 11 is 7.61. The van der Waals surface area contributed by atoms with Gasteiger partial charge in [0.1, 0.15) is 0 Å². The number of aliphatic imine (C=N–C) groups is 1. The minimum atomic E-state index is -0.0310. The lowest BCUT2D eigenvalue weighted by molar-refractivity contribution is -0.122. The SMILES string of the molecule is CCN1C(=O)/C(=C\c2ccccc2Cl)SC1=Nc1cc(C)ccc1C. The van der Waals surface area contributed by atoms with Crippen LogP contribution in [-0.4, -0.2) is 22.5 Å². The maximum Gasteiger partial charge on any atom is 0.266 e. The number of benzene rings is 2. The van der Waals surface area contributed by atoms with Gasteiger partial charge in [0, 0.05) is 11.6 Å². The van der Waals surface area contributed by atoms with E-state index in [4.69, 9.17) is 16.6 Å². The third kappa shape index (κ3) is 3.80. The van der Waals surface area contributed by atoms with Crippen molar-refractivity contribution in [2.75, 3.05) is 6.54 Å². The van der Waals surface area contributed by atoms with Gasteiger partial charge in [0.05, 0.1) is 10.6 Å². The van der Waals surface area contributed by atoms with Crippen molar-refractivity contribution in [1.82, 2.24) is 4.90 Å². The highest BCUT2D eigenvalue weighted by Crippen LogP contribution is 2.35. The molecule has 2 aromatic rings. The quantitative estimate of drug-likeness (QED) is 0.660. The zero-order valence-electron chi connectivity index (χ0n) is 14.4. The first-order valence-corrected chi connectivity index (χ1v) is 9.31. The molecule has 0 saturated carbocycles. The molecule has 0 aliphatic carbocycles. The Balaban J connectivity index is 1.99. The summed E-state index contributed by atoms with van der Waals surface area (Å²) in [6, 6.07) is 13.7. The number of hydrogen-bond donors (Lipinski definition) is 0. The van der Waals surface area contributed by atoms with Crippen LogP contribution in [-0.2, 0) is 4.79 Å². The van der Waals surface area contributed by atoms with E-state index in [1.165, 1.54) is 11.8 Å². The first kappa shape index (κ1) is 17.8. The van der Waals surface area contributed by atoms with E-state index in [9.17, 15) is 4.79 Å². The van der Waals surface area contributed by atoms with Gasteiger partial charge in [-0.3, -0.25) is 9.69 Å². The van der Waals surface area contributed by atoms with Crippen molar-refractivity contribution in [1.29, 1.82) is 0 Å². The van der Waals surface area contributed by atoms with E-state index in [2.05, 4.69) is 6.07 Å². The van der Waals surface area contributed by atoms with Gasteiger partial charge in [-0.1, -0.05) is 41.9 Å². The van der Waals surface area contributed by atoms with Crippen LogP contribution in [0.1, 0.15) is 23.6 Å². The van der Waals surface area contributed by atoms with Crippen molar-refractivity contribution in [3.8, 4) is 0 Å². The summed E-state index contributed by atoms with van der Waals surface area (Å²) in [6.45, 7) is 6.60. The highest BCUT2D eigenvalue weighted by molar-refractivity contribution is 8.18. The third-order valence-electron chi connectivity index (χ3n) is 3.98. The van der Waals surface area contributed by atoms with Crippen molar-refractivity contribution >= 4 is 46.2 Å². The molecule has 0 bridgehead atoms. The summed E-state index contributed by atoms with van der Waals surface area (Å²) in [5.41, 5.74) is 3.97. The van der Waals surface area contributed by atoms with Gasteiger partial charge in [0.25, 0.3) is 5.91 Å². The Morgan fingerprint density at radius 3 is 2.68 bits per heavy atom. The fourth-order valence-electron chi connectivity index (χ4n) is 2.55. The van der Waals surface area contributed by atoms with Gasteiger partial charge < -0.3 is 0 Å². The first-order valence-electron chi connectivity index (χ1n) is 8.11. The fraction of sp³-hybridized carbons (Fsp3) is 0.200. The number of aryl methyl sites for hydroxylation is 2. The normalized spacial score (nSPS) is 17.8. The number of halogens is 1. The molecule has 1 heterocycles. The zero-order valence-corrected chi connectivity index (χ0v) is 16.0. The number of amides is 1. The minimum absolute atomic E-state index is 0.0310. The fourth-order valence-corrected chi connectivity index (χ4v) is 3.78. The molecule has 1 aliphatic rings. The van der Waals surface area contributed by atoms with Gasteiger partial charge in [-0.05, 0) is 67.4 Å². The Morgan fingerprint density at radius 1 is 1.20 bits per heavy atom. The van der Waals surface area contributed by atoms with Gasteiger partial charge in [0.15, 0.2) is 5.17 Å². The van der Waals surface area contributed by atoms with Gasteiger partial charge in [-0.15, -0.1) is 0 Å². The van der Waals surface area contributed by atoms with Crippen LogP contribution in [0.15, 0.2) is 52.4 Å². The lowest BCUT2D eigenvalue weighted by Crippen LogP contribution is -2.28. The number of rotatable bonds is 3. The van der Waals surface area contributed by atoms with Gasteiger partial charge in [-0.2, -0.15) is 0 Å². The van der Waals surface area contributed by atoms with Crippen LogP contribution in [0.3, 0.4) is 0 Å². The monoisotopic (exact) mass is 370 g/mol. The molecule has 0 atom stereocenters. The van der Waals surface area contributed by atoms with Crippen molar-refractivity contribution in [2.24, 2.45) is 4.99 Å². The number of thioether (sulfide) groups is 1. The molecule has 1 saturated heterocycles. The molecule has 3 nitrogen and oxygen atoms in total. The van der Waals surface area contributed by atoms with Gasteiger partial charge >= 0.3 is 0 Å². The molecular weight excluding hydrogens is 352 g/mol. The van der Waals surface area contributed by atoms with E-state index in [-0.39, 0.29) is 5.91 Å². The lowest BCUT2D eigenvalue weighted by atomic mass is 10.1. The van der Waals surface area contributed by atoms with E-state index in [1.807, 2.05) is 63.2 Å². The summed E-state index contributed by atoms with van der Waals surface area (Å²) in [6.07, 6.45) is 1.84. The van der Waals surface area contributed by atoms with Crippen LogP contribution in [0, 0.1) is 13.8 Å². The molecule has 3 rings (SSSR count). The van der Waals surface area contributed by atoms with Gasteiger partial charge in [0.2, 0.25) is 0 Å². The zero-order chi connectivity index (χ0) is 18.0. The Hall–Kier alpha value is -2.04. The smallest absolute Gasteiger partial charge is 0.266 e. The topological polar surface area (TPSA) is 32.7 Å². The second-order valence-electron chi connectivity index (χ2n) is 5.87. The molecule has 1 aliphatic heterocycles. The number of carbonyl (C=O) groups is 1. The predicted molar refractivity (Wildman–Crippen MR) is 107 cm³/mol. The van der Waals surface area contributed by atoms with Crippen molar-refractivity contribution < 1.29 is 4.79 Å². The van der Waals surface area contributed by atoms with E-state index < -0.39 is 0 Å². The highest BCUT2D eigenvalue weighted by atomic mass is 35.5. The van der Waals surface area contributed by atoms with Crippen molar-refractivity contribution in [3.05, 3.63) is 69.1 Å². The number of hydrogen-bond acceptors (Lipinski definition) is 3. The summed E-state index contributed by atoms with van der Waals surface area (Å²) < 4.78 is 0. The molecule has 2 aromatic carbocycles. The van der Waals surface area contributed by atoms with Crippen LogP contribution in [0.25, 0.3) is 6.08 Å². The van der Waals surface area contributed by atoms with Crippen LogP contribution < -0.4 is 0 Å². The molecule has 1 fully saturated rings. The number of carbonyl (C=O) groups excluding carboxylic acids is 1.